The predicted octanol–water partition coefficient (Wildman–Crippen LogP) is 1.40. The molecule has 0 fully saturated rings. The first-order valence-electron chi connectivity index (χ1n) is 5.88. The zero-order valence-corrected chi connectivity index (χ0v) is 10.1. The van der Waals surface area contributed by atoms with Crippen LogP contribution >= 0.6 is 0 Å². The van der Waals surface area contributed by atoms with Gasteiger partial charge in [0.25, 0.3) is 5.91 Å². The van der Waals surface area contributed by atoms with Gasteiger partial charge >= 0.3 is 0 Å². The van der Waals surface area contributed by atoms with Crippen LogP contribution in [0.15, 0.2) is 36.7 Å². The first-order valence-corrected chi connectivity index (χ1v) is 5.88. The summed E-state index contributed by atoms with van der Waals surface area (Å²) in [6, 6.07) is 7.67. The Morgan fingerprint density at radius 3 is 3.00 bits per heavy atom. The maximum atomic E-state index is 12.1. The number of aromatic nitrogens is 3. The highest BCUT2D eigenvalue weighted by atomic mass is 16.1. The highest BCUT2D eigenvalue weighted by Crippen LogP contribution is 2.17. The molecule has 0 bridgehead atoms. The third kappa shape index (κ3) is 2.03. The van der Waals surface area contributed by atoms with Gasteiger partial charge in [-0.1, -0.05) is 18.2 Å². The Labute approximate surface area is 109 Å². The number of nitrogens with one attached hydrogen (secondary N) is 3. The van der Waals surface area contributed by atoms with Crippen molar-refractivity contribution in [3.8, 4) is 0 Å². The van der Waals surface area contributed by atoms with E-state index in [1.54, 1.807) is 12.4 Å². The molecule has 0 atom stereocenters. The molecule has 0 aliphatic heterocycles. The second-order valence-electron chi connectivity index (χ2n) is 4.24. The molecule has 5 N–H and O–H groups in total. The maximum Gasteiger partial charge on any atom is 0.253 e. The third-order valence-corrected chi connectivity index (χ3v) is 3.02. The minimum Gasteiger partial charge on any atom is -0.384 e. The van der Waals surface area contributed by atoms with Gasteiger partial charge in [-0.05, 0) is 6.07 Å². The Morgan fingerprint density at radius 1 is 1.37 bits per heavy atom. The Hall–Kier alpha value is -2.76. The highest BCUT2D eigenvalue weighted by Gasteiger charge is 2.12. The van der Waals surface area contributed by atoms with Gasteiger partial charge in [0.1, 0.15) is 5.82 Å². The van der Waals surface area contributed by atoms with Crippen molar-refractivity contribution in [2.45, 2.75) is 6.54 Å². The van der Waals surface area contributed by atoms with Crippen LogP contribution in [0.5, 0.6) is 0 Å². The van der Waals surface area contributed by atoms with Crippen molar-refractivity contribution in [2.75, 3.05) is 5.73 Å². The molecule has 0 radical (unpaired) electrons. The fourth-order valence-electron chi connectivity index (χ4n) is 1.99. The molecular weight excluding hydrogens is 242 g/mol. The number of rotatable bonds is 3. The average Bonchev–Trinajstić information content (AvgIpc) is 3.02. The average molecular weight is 255 g/mol. The molecule has 6 heteroatoms. The van der Waals surface area contributed by atoms with E-state index in [0.717, 1.165) is 16.5 Å². The Balaban J connectivity index is 1.79. The smallest absolute Gasteiger partial charge is 0.253 e. The molecule has 0 aliphatic rings. The van der Waals surface area contributed by atoms with Crippen LogP contribution in [0.25, 0.3) is 10.9 Å². The number of anilines is 1. The molecule has 2 aromatic heterocycles. The Morgan fingerprint density at radius 2 is 2.21 bits per heavy atom. The number of fused-ring (bicyclic) bond motifs is 1. The fraction of sp³-hybridized carbons (Fsp3) is 0.0769. The number of amides is 1. The van der Waals surface area contributed by atoms with Crippen LogP contribution in [0.4, 0.5) is 5.82 Å². The number of nitrogen functional groups attached to an aromatic ring is 1. The number of benzene rings is 1. The van der Waals surface area contributed by atoms with Gasteiger partial charge in [-0.25, -0.2) is 0 Å². The molecule has 3 aromatic rings. The lowest BCUT2D eigenvalue weighted by Crippen LogP contribution is -2.22. The highest BCUT2D eigenvalue weighted by molar-refractivity contribution is 6.06. The molecule has 19 heavy (non-hydrogen) atoms. The van der Waals surface area contributed by atoms with Crippen molar-refractivity contribution in [1.29, 1.82) is 0 Å². The summed E-state index contributed by atoms with van der Waals surface area (Å²) in [4.78, 5) is 15.2. The van der Waals surface area contributed by atoms with E-state index in [2.05, 4.69) is 20.5 Å². The molecule has 2 heterocycles. The van der Waals surface area contributed by atoms with Crippen LogP contribution in [0, 0.1) is 0 Å². The fourth-order valence-corrected chi connectivity index (χ4v) is 1.99. The molecule has 1 amide bonds. The van der Waals surface area contributed by atoms with E-state index in [1.807, 2.05) is 24.3 Å². The van der Waals surface area contributed by atoms with Crippen molar-refractivity contribution in [2.24, 2.45) is 0 Å². The van der Waals surface area contributed by atoms with Gasteiger partial charge in [0, 0.05) is 29.2 Å². The molecule has 0 saturated carbocycles. The quantitative estimate of drug-likeness (QED) is 0.569. The summed E-state index contributed by atoms with van der Waals surface area (Å²) >= 11 is 0. The lowest BCUT2D eigenvalue weighted by molar-refractivity contribution is 0.0952. The number of hydrogen-bond donors (Lipinski definition) is 4. The number of aromatic amines is 2. The largest absolute Gasteiger partial charge is 0.384 e. The number of para-hydroxylation sites is 1. The van der Waals surface area contributed by atoms with Crippen LogP contribution in [0.1, 0.15) is 15.9 Å². The summed E-state index contributed by atoms with van der Waals surface area (Å²) in [6.45, 7) is 0.348. The lowest BCUT2D eigenvalue weighted by atomic mass is 10.1. The Bertz CT molecular complexity index is 727. The van der Waals surface area contributed by atoms with Gasteiger partial charge in [0.05, 0.1) is 11.8 Å². The van der Waals surface area contributed by atoms with Crippen LogP contribution < -0.4 is 11.1 Å². The summed E-state index contributed by atoms with van der Waals surface area (Å²) in [5.41, 5.74) is 8.00. The van der Waals surface area contributed by atoms with Crippen molar-refractivity contribution in [1.82, 2.24) is 20.5 Å². The number of hydrogen-bond acceptors (Lipinski definition) is 3. The van der Waals surface area contributed by atoms with Crippen molar-refractivity contribution in [3.63, 3.8) is 0 Å². The summed E-state index contributed by atoms with van der Waals surface area (Å²) in [5, 5.41) is 10.2. The van der Waals surface area contributed by atoms with Gasteiger partial charge in [-0.15, -0.1) is 0 Å². The van der Waals surface area contributed by atoms with E-state index in [0.29, 0.717) is 17.9 Å². The molecule has 6 nitrogen and oxygen atoms in total. The zero-order valence-electron chi connectivity index (χ0n) is 10.1. The number of nitrogens with two attached hydrogens (primary N) is 1. The van der Waals surface area contributed by atoms with E-state index >= 15 is 0 Å². The number of nitrogens with zero attached hydrogens (tertiary/aromatic N) is 1. The monoisotopic (exact) mass is 255 g/mol. The normalized spacial score (nSPS) is 10.7. The van der Waals surface area contributed by atoms with Gasteiger partial charge in [0.15, 0.2) is 0 Å². The molecular formula is C13H13N5O. The summed E-state index contributed by atoms with van der Waals surface area (Å²) < 4.78 is 0. The standard InChI is InChI=1S/C13H13N5O/c14-12-8(6-17-18-12)5-16-13(19)10-7-15-11-4-2-1-3-9(10)11/h1-4,6-7,15H,5H2,(H,16,19)(H3,14,17,18). The summed E-state index contributed by atoms with van der Waals surface area (Å²) in [6.07, 6.45) is 3.31. The summed E-state index contributed by atoms with van der Waals surface area (Å²) in [7, 11) is 0. The summed E-state index contributed by atoms with van der Waals surface area (Å²) in [5.74, 6) is 0.331. The Kier molecular flexibility index (Phi) is 2.68. The molecule has 0 unspecified atom stereocenters. The predicted molar refractivity (Wildman–Crippen MR) is 72.5 cm³/mol. The molecule has 1 aromatic carbocycles. The van der Waals surface area contributed by atoms with Gasteiger partial charge < -0.3 is 16.0 Å². The van der Waals surface area contributed by atoms with Crippen LogP contribution in [0.3, 0.4) is 0 Å². The maximum absolute atomic E-state index is 12.1. The molecule has 0 aliphatic carbocycles. The van der Waals surface area contributed by atoms with Crippen LogP contribution in [0.2, 0.25) is 0 Å². The van der Waals surface area contributed by atoms with Gasteiger partial charge in [-0.3, -0.25) is 9.89 Å². The minimum absolute atomic E-state index is 0.141. The first-order chi connectivity index (χ1) is 9.25. The second-order valence-corrected chi connectivity index (χ2v) is 4.24. The van der Waals surface area contributed by atoms with Gasteiger partial charge in [-0.2, -0.15) is 5.10 Å². The lowest BCUT2D eigenvalue weighted by Gasteiger charge is -2.03. The van der Waals surface area contributed by atoms with Crippen LogP contribution in [-0.4, -0.2) is 21.1 Å². The van der Waals surface area contributed by atoms with E-state index in [4.69, 9.17) is 5.73 Å². The number of carbonyl (C=O) groups excluding carboxylic acids is 1. The van der Waals surface area contributed by atoms with Crippen molar-refractivity contribution >= 4 is 22.6 Å². The topological polar surface area (TPSA) is 99.6 Å². The molecule has 3 rings (SSSR count). The molecule has 96 valence electrons. The first kappa shape index (κ1) is 11.3. The van der Waals surface area contributed by atoms with Crippen molar-refractivity contribution in [3.05, 3.63) is 47.8 Å². The van der Waals surface area contributed by atoms with E-state index < -0.39 is 0 Å². The van der Waals surface area contributed by atoms with Crippen molar-refractivity contribution < 1.29 is 4.79 Å². The van der Waals surface area contributed by atoms with E-state index in [-0.39, 0.29) is 5.91 Å². The minimum atomic E-state index is -0.141. The molecule has 0 spiro atoms. The number of carbonyl (C=O) groups is 1. The van der Waals surface area contributed by atoms with Crippen LogP contribution in [-0.2, 0) is 6.54 Å². The third-order valence-electron chi connectivity index (χ3n) is 3.02. The zero-order chi connectivity index (χ0) is 13.2. The number of H-pyrrole nitrogens is 2. The van der Waals surface area contributed by atoms with Gasteiger partial charge in [0.2, 0.25) is 0 Å². The SMILES string of the molecule is Nc1[nH]ncc1CNC(=O)c1c[nH]c2ccccc12. The van der Waals surface area contributed by atoms with E-state index in [1.165, 1.54) is 0 Å². The second kappa shape index (κ2) is 4.49. The van der Waals surface area contributed by atoms with E-state index in [9.17, 15) is 4.79 Å². The molecule has 0 saturated heterocycles.